The second-order valence-electron chi connectivity index (χ2n) is 2.36. The van der Waals surface area contributed by atoms with E-state index in [2.05, 4.69) is 4.27 Å². The number of hydrogen-bond donors (Lipinski definition) is 0. The molecule has 1 fully saturated rings. The quantitative estimate of drug-likeness (QED) is 0.510. The van der Waals surface area contributed by atoms with Crippen molar-refractivity contribution in [1.29, 1.82) is 0 Å². The highest BCUT2D eigenvalue weighted by Crippen LogP contribution is 2.30. The van der Waals surface area contributed by atoms with Gasteiger partial charge in [0, 0.05) is 20.7 Å². The summed E-state index contributed by atoms with van der Waals surface area (Å²) in [6, 6.07) is 0. The molecule has 1 saturated carbocycles. The van der Waals surface area contributed by atoms with Gasteiger partial charge in [0.1, 0.15) is 0 Å². The van der Waals surface area contributed by atoms with Gasteiger partial charge >= 0.3 is 0 Å². The highest BCUT2D eigenvalue weighted by Gasteiger charge is 2.31. The lowest BCUT2D eigenvalue weighted by molar-refractivity contribution is 0.677. The van der Waals surface area contributed by atoms with Crippen LogP contribution in [0.25, 0.3) is 0 Å². The number of nitrogens with zero attached hydrogens (tertiary/aromatic N) is 1. The van der Waals surface area contributed by atoms with E-state index in [1.807, 2.05) is 6.92 Å². The lowest BCUT2D eigenvalue weighted by Gasteiger charge is -2.01. The molecule has 0 aliphatic heterocycles. The third kappa shape index (κ3) is 1.29. The summed E-state index contributed by atoms with van der Waals surface area (Å²) in [4.78, 5) is 0. The van der Waals surface area contributed by atoms with Crippen molar-refractivity contribution in [1.82, 2.24) is 0 Å². The first-order chi connectivity index (χ1) is 4.23. The highest BCUT2D eigenvalue weighted by atomic mass is 32.2. The molecule has 52 valence electrons. The van der Waals surface area contributed by atoms with E-state index in [1.165, 1.54) is 0 Å². The van der Waals surface area contributed by atoms with Crippen molar-refractivity contribution in [3.8, 4) is 0 Å². The third-order valence-electron chi connectivity index (χ3n) is 1.77. The first-order valence-electron chi connectivity index (χ1n) is 3.34. The lowest BCUT2D eigenvalue weighted by atomic mass is 10.5. The standard InChI is InChI=1S/C5H12BNOS/c1-2-9(8,7-6)5-3-4-5/h5H,2-4,6H2,1H3. The molecule has 1 aliphatic rings. The molecule has 0 aromatic carbocycles. The van der Waals surface area contributed by atoms with Crippen LogP contribution in [0.1, 0.15) is 19.8 Å². The average molecular weight is 145 g/mol. The second-order valence-corrected chi connectivity index (χ2v) is 5.35. The van der Waals surface area contributed by atoms with Crippen LogP contribution < -0.4 is 0 Å². The van der Waals surface area contributed by atoms with Crippen molar-refractivity contribution in [2.45, 2.75) is 25.0 Å². The fourth-order valence-corrected chi connectivity index (χ4v) is 2.85. The Morgan fingerprint density at radius 1 is 1.78 bits per heavy atom. The SMILES string of the molecule is BN=S(=O)(CC)C1CC1. The largest absolute Gasteiger partial charge is 0.308 e. The molecule has 4 heteroatoms. The van der Waals surface area contributed by atoms with Gasteiger partial charge < -0.3 is 4.27 Å². The molecule has 0 saturated heterocycles. The zero-order valence-electron chi connectivity index (χ0n) is 5.96. The fraction of sp³-hybridized carbons (Fsp3) is 1.00. The normalized spacial score (nSPS) is 25.0. The minimum Gasteiger partial charge on any atom is -0.308 e. The molecule has 2 nitrogen and oxygen atoms in total. The van der Waals surface area contributed by atoms with E-state index >= 15 is 0 Å². The first-order valence-corrected chi connectivity index (χ1v) is 5.09. The Bertz CT molecular complexity index is 203. The van der Waals surface area contributed by atoms with Gasteiger partial charge in [-0.25, -0.2) is 0 Å². The van der Waals surface area contributed by atoms with Crippen molar-refractivity contribution in [3.05, 3.63) is 0 Å². The van der Waals surface area contributed by atoms with E-state index in [1.54, 1.807) is 7.98 Å². The van der Waals surface area contributed by atoms with Gasteiger partial charge in [0.2, 0.25) is 0 Å². The van der Waals surface area contributed by atoms with Crippen molar-refractivity contribution >= 4 is 17.7 Å². The molecule has 1 rings (SSSR count). The number of hydrogen-bond acceptors (Lipinski definition) is 2. The molecule has 0 aromatic heterocycles. The van der Waals surface area contributed by atoms with Crippen molar-refractivity contribution < 1.29 is 4.21 Å². The maximum Gasteiger partial charge on any atom is 0.257 e. The molecule has 0 aromatic rings. The van der Waals surface area contributed by atoms with Crippen molar-refractivity contribution in [2.75, 3.05) is 5.75 Å². The summed E-state index contributed by atoms with van der Waals surface area (Å²) in [6.07, 6.45) is 2.26. The predicted molar refractivity (Wildman–Crippen MR) is 42.7 cm³/mol. The molecule has 1 unspecified atom stereocenters. The van der Waals surface area contributed by atoms with Gasteiger partial charge in [0.15, 0.2) is 0 Å². The summed E-state index contributed by atoms with van der Waals surface area (Å²) in [5, 5.41) is 0.437. The molecule has 0 heterocycles. The second kappa shape index (κ2) is 2.33. The molecule has 0 bridgehead atoms. The van der Waals surface area contributed by atoms with Gasteiger partial charge in [-0.3, -0.25) is 4.21 Å². The van der Waals surface area contributed by atoms with Gasteiger partial charge in [-0.1, -0.05) is 6.92 Å². The monoisotopic (exact) mass is 145 g/mol. The van der Waals surface area contributed by atoms with Crippen molar-refractivity contribution in [2.24, 2.45) is 4.27 Å². The van der Waals surface area contributed by atoms with Crippen LogP contribution in [0.4, 0.5) is 0 Å². The molecular weight excluding hydrogens is 133 g/mol. The molecule has 0 radical (unpaired) electrons. The van der Waals surface area contributed by atoms with Gasteiger partial charge in [-0.15, -0.1) is 0 Å². The first kappa shape index (κ1) is 7.13. The van der Waals surface area contributed by atoms with E-state index in [0.29, 0.717) is 5.25 Å². The van der Waals surface area contributed by atoms with Crippen LogP contribution >= 0.6 is 0 Å². The summed E-state index contributed by atoms with van der Waals surface area (Å²) in [5.41, 5.74) is 0. The van der Waals surface area contributed by atoms with Gasteiger partial charge in [-0.2, -0.15) is 0 Å². The summed E-state index contributed by atoms with van der Waals surface area (Å²) in [5.74, 6) is 0.730. The maximum absolute atomic E-state index is 11.5. The lowest BCUT2D eigenvalue weighted by Crippen LogP contribution is -2.08. The predicted octanol–water partition coefficient (Wildman–Crippen LogP) is 0.185. The maximum atomic E-state index is 11.5. The molecule has 1 atom stereocenters. The molecule has 9 heavy (non-hydrogen) atoms. The highest BCUT2D eigenvalue weighted by molar-refractivity contribution is 7.94. The zero-order chi connectivity index (χ0) is 6.91. The molecular formula is C5H12BNOS. The fourth-order valence-electron chi connectivity index (χ4n) is 0.950. The minimum atomic E-state index is -1.75. The summed E-state index contributed by atoms with van der Waals surface area (Å²) in [7, 11) is -0.0746. The van der Waals surface area contributed by atoms with Crippen LogP contribution in [0, 0.1) is 0 Å². The van der Waals surface area contributed by atoms with E-state index in [4.69, 9.17) is 0 Å². The van der Waals surface area contributed by atoms with Crippen LogP contribution in [-0.2, 0) is 9.73 Å². The van der Waals surface area contributed by atoms with Crippen LogP contribution in [-0.4, -0.2) is 23.2 Å². The average Bonchev–Trinajstić information content (AvgIpc) is 2.68. The molecule has 1 aliphatic carbocycles. The summed E-state index contributed by atoms with van der Waals surface area (Å²) >= 11 is 0. The Kier molecular flexibility index (Phi) is 1.84. The van der Waals surface area contributed by atoms with E-state index < -0.39 is 9.73 Å². The van der Waals surface area contributed by atoms with Crippen LogP contribution in [0.3, 0.4) is 0 Å². The minimum absolute atomic E-state index is 0.437. The van der Waals surface area contributed by atoms with Gasteiger partial charge in [0.25, 0.3) is 7.98 Å². The Hall–Kier alpha value is 0.0149. The summed E-state index contributed by atoms with van der Waals surface area (Å²) in [6.45, 7) is 1.95. The van der Waals surface area contributed by atoms with Crippen LogP contribution in [0.15, 0.2) is 4.27 Å². The Balaban J connectivity index is 2.79. The third-order valence-corrected chi connectivity index (χ3v) is 4.73. The topological polar surface area (TPSA) is 29.4 Å². The van der Waals surface area contributed by atoms with Crippen molar-refractivity contribution in [3.63, 3.8) is 0 Å². The molecule has 0 spiro atoms. The molecule has 0 amide bonds. The smallest absolute Gasteiger partial charge is 0.257 e. The Morgan fingerprint density at radius 2 is 2.33 bits per heavy atom. The van der Waals surface area contributed by atoms with E-state index in [0.717, 1.165) is 18.6 Å². The Morgan fingerprint density at radius 3 is 2.44 bits per heavy atom. The van der Waals surface area contributed by atoms with Crippen LogP contribution in [0.5, 0.6) is 0 Å². The molecule has 0 N–H and O–H groups in total. The zero-order valence-corrected chi connectivity index (χ0v) is 6.78. The number of rotatable bonds is 2. The summed E-state index contributed by atoms with van der Waals surface area (Å²) < 4.78 is 15.4. The van der Waals surface area contributed by atoms with Gasteiger partial charge in [-0.05, 0) is 12.8 Å². The van der Waals surface area contributed by atoms with Gasteiger partial charge in [0.05, 0.1) is 0 Å². The van der Waals surface area contributed by atoms with E-state index in [9.17, 15) is 4.21 Å². The Labute approximate surface area is 57.6 Å². The van der Waals surface area contributed by atoms with E-state index in [-0.39, 0.29) is 0 Å². The van der Waals surface area contributed by atoms with Crippen LogP contribution in [0.2, 0.25) is 0 Å².